The summed E-state index contributed by atoms with van der Waals surface area (Å²) in [7, 11) is 0. The summed E-state index contributed by atoms with van der Waals surface area (Å²) in [6, 6.07) is 66.6. The molecule has 54 heavy (non-hydrogen) atoms. The predicted octanol–water partition coefficient (Wildman–Crippen LogP) is 15.6. The maximum atomic E-state index is 6.62. The number of thiophene rings is 1. The number of rotatable bonds is 3. The van der Waals surface area contributed by atoms with E-state index in [4.69, 9.17) is 4.42 Å². The van der Waals surface area contributed by atoms with Crippen molar-refractivity contribution in [3.8, 4) is 33.4 Å². The zero-order valence-corrected chi connectivity index (χ0v) is 30.0. The monoisotopic (exact) mass is 702 g/mol. The fourth-order valence-electron chi connectivity index (χ4n) is 9.01. The van der Waals surface area contributed by atoms with Crippen molar-refractivity contribution in [2.45, 2.75) is 0 Å². The number of hydrogen-bond acceptors (Lipinski definition) is 2. The molecule has 1 nitrogen and oxygen atoms in total. The van der Waals surface area contributed by atoms with Crippen molar-refractivity contribution in [2.75, 3.05) is 0 Å². The van der Waals surface area contributed by atoms with Gasteiger partial charge >= 0.3 is 0 Å². The Bertz CT molecular complexity index is 3440. The molecule has 0 unspecified atom stereocenters. The second kappa shape index (κ2) is 11.4. The minimum Gasteiger partial charge on any atom is -0.456 e. The Labute approximate surface area is 314 Å². The standard InChI is InChI=1S/C52H30OS/c1-2-10-31(11-3-1)48-38-12-4-6-14-40(38)49(41-15-7-5-13-39(41)48)37-21-20-33-28-34(18-19-35(33)29-37)36-22-25-42-45(30-36)53-44-26-23-32-24-27-47-52(50(32)51(42)44)43-16-8-9-17-46(43)54-47/h1-30H. The third kappa shape index (κ3) is 4.32. The van der Waals surface area contributed by atoms with Gasteiger partial charge in [-0.1, -0.05) is 140 Å². The molecule has 10 aromatic carbocycles. The first-order valence-corrected chi connectivity index (χ1v) is 19.3. The summed E-state index contributed by atoms with van der Waals surface area (Å²) < 4.78 is 9.25. The fraction of sp³-hybridized carbons (Fsp3) is 0. The van der Waals surface area contributed by atoms with Gasteiger partial charge in [0.15, 0.2) is 0 Å². The van der Waals surface area contributed by atoms with Gasteiger partial charge in [-0.3, -0.25) is 0 Å². The van der Waals surface area contributed by atoms with Crippen molar-refractivity contribution in [3.63, 3.8) is 0 Å². The normalized spacial score (nSPS) is 12.1. The molecule has 0 aliphatic rings. The van der Waals surface area contributed by atoms with Crippen LogP contribution in [0.4, 0.5) is 0 Å². The molecule has 0 bridgehead atoms. The van der Waals surface area contributed by atoms with Crippen LogP contribution in [0.25, 0.3) is 119 Å². The molecule has 2 heteroatoms. The van der Waals surface area contributed by atoms with Crippen LogP contribution in [-0.4, -0.2) is 0 Å². The van der Waals surface area contributed by atoms with Gasteiger partial charge in [0.25, 0.3) is 0 Å². The predicted molar refractivity (Wildman–Crippen MR) is 233 cm³/mol. The first kappa shape index (κ1) is 29.8. The molecule has 0 amide bonds. The van der Waals surface area contributed by atoms with E-state index in [1.165, 1.54) is 96.5 Å². The lowest BCUT2D eigenvalue weighted by molar-refractivity contribution is 0.669. The molecule has 12 aromatic rings. The summed E-state index contributed by atoms with van der Waals surface area (Å²) in [5.41, 5.74) is 9.21. The van der Waals surface area contributed by atoms with Gasteiger partial charge in [0.2, 0.25) is 0 Å². The van der Waals surface area contributed by atoms with E-state index in [9.17, 15) is 0 Å². The Morgan fingerprint density at radius 1 is 0.296 bits per heavy atom. The van der Waals surface area contributed by atoms with Crippen LogP contribution in [0.2, 0.25) is 0 Å². The largest absolute Gasteiger partial charge is 0.456 e. The van der Waals surface area contributed by atoms with Gasteiger partial charge in [-0.05, 0) is 114 Å². The number of benzene rings is 10. The van der Waals surface area contributed by atoms with Gasteiger partial charge in [-0.25, -0.2) is 0 Å². The molecule has 0 N–H and O–H groups in total. The molecule has 0 atom stereocenters. The summed E-state index contributed by atoms with van der Waals surface area (Å²) in [4.78, 5) is 0. The lowest BCUT2D eigenvalue weighted by Gasteiger charge is -2.18. The van der Waals surface area contributed by atoms with E-state index >= 15 is 0 Å². The summed E-state index contributed by atoms with van der Waals surface area (Å²) in [5.74, 6) is 0. The Hall–Kier alpha value is -6.74. The van der Waals surface area contributed by atoms with Gasteiger partial charge in [-0.15, -0.1) is 11.3 Å². The lowest BCUT2D eigenvalue weighted by atomic mass is 9.85. The summed E-state index contributed by atoms with van der Waals surface area (Å²) >= 11 is 1.86. The highest BCUT2D eigenvalue weighted by Gasteiger charge is 2.18. The van der Waals surface area contributed by atoms with E-state index in [2.05, 4.69) is 182 Å². The van der Waals surface area contributed by atoms with Crippen molar-refractivity contribution in [1.29, 1.82) is 0 Å². The summed E-state index contributed by atoms with van der Waals surface area (Å²) in [6.07, 6.45) is 0. The van der Waals surface area contributed by atoms with Crippen LogP contribution < -0.4 is 0 Å². The van der Waals surface area contributed by atoms with Gasteiger partial charge < -0.3 is 4.42 Å². The maximum Gasteiger partial charge on any atom is 0.136 e. The van der Waals surface area contributed by atoms with Crippen LogP contribution in [-0.2, 0) is 0 Å². The Morgan fingerprint density at radius 3 is 1.59 bits per heavy atom. The van der Waals surface area contributed by atoms with Crippen molar-refractivity contribution in [3.05, 3.63) is 182 Å². The van der Waals surface area contributed by atoms with Crippen molar-refractivity contribution in [1.82, 2.24) is 0 Å². The molecule has 12 rings (SSSR count). The minimum absolute atomic E-state index is 0.916. The molecule has 2 aromatic heterocycles. The third-order valence-electron chi connectivity index (χ3n) is 11.4. The average Bonchev–Trinajstić information content (AvgIpc) is 3.81. The van der Waals surface area contributed by atoms with Crippen molar-refractivity contribution >= 4 is 96.5 Å². The first-order valence-electron chi connectivity index (χ1n) is 18.5. The van der Waals surface area contributed by atoms with Crippen LogP contribution in [0, 0.1) is 0 Å². The zero-order chi connectivity index (χ0) is 35.3. The van der Waals surface area contributed by atoms with Crippen LogP contribution in [0.15, 0.2) is 186 Å². The Kier molecular flexibility index (Phi) is 6.28. The third-order valence-corrected chi connectivity index (χ3v) is 12.5. The molecule has 0 spiro atoms. The van der Waals surface area contributed by atoms with E-state index in [-0.39, 0.29) is 0 Å². The minimum atomic E-state index is 0.916. The van der Waals surface area contributed by atoms with Crippen LogP contribution in [0.3, 0.4) is 0 Å². The van der Waals surface area contributed by atoms with E-state index in [0.29, 0.717) is 0 Å². The molecular formula is C52H30OS. The average molecular weight is 703 g/mol. The van der Waals surface area contributed by atoms with E-state index in [0.717, 1.165) is 22.1 Å². The van der Waals surface area contributed by atoms with Crippen molar-refractivity contribution in [2.24, 2.45) is 0 Å². The molecule has 0 aliphatic carbocycles. The number of hydrogen-bond donors (Lipinski definition) is 0. The van der Waals surface area contributed by atoms with Crippen LogP contribution >= 0.6 is 11.3 Å². The van der Waals surface area contributed by atoms with Crippen molar-refractivity contribution < 1.29 is 4.42 Å². The molecule has 0 saturated carbocycles. The maximum absolute atomic E-state index is 6.62. The van der Waals surface area contributed by atoms with E-state index in [1.807, 2.05) is 11.3 Å². The van der Waals surface area contributed by atoms with E-state index < -0.39 is 0 Å². The van der Waals surface area contributed by atoms with Gasteiger partial charge in [-0.2, -0.15) is 0 Å². The smallest absolute Gasteiger partial charge is 0.136 e. The fourth-order valence-corrected chi connectivity index (χ4v) is 10.1. The highest BCUT2D eigenvalue weighted by molar-refractivity contribution is 7.26. The second-order valence-electron chi connectivity index (χ2n) is 14.4. The van der Waals surface area contributed by atoms with Gasteiger partial charge in [0.05, 0.1) is 0 Å². The molecule has 0 radical (unpaired) electrons. The molecule has 0 aliphatic heterocycles. The topological polar surface area (TPSA) is 13.1 Å². The van der Waals surface area contributed by atoms with E-state index in [1.54, 1.807) is 0 Å². The molecule has 2 heterocycles. The Balaban J connectivity index is 0.994. The Morgan fingerprint density at radius 2 is 0.852 bits per heavy atom. The quantitative estimate of drug-likeness (QED) is 0.167. The first-order chi connectivity index (χ1) is 26.8. The van der Waals surface area contributed by atoms with Crippen LogP contribution in [0.1, 0.15) is 0 Å². The van der Waals surface area contributed by atoms with Gasteiger partial charge in [0.1, 0.15) is 11.2 Å². The lowest BCUT2D eigenvalue weighted by Crippen LogP contribution is -1.90. The zero-order valence-electron chi connectivity index (χ0n) is 29.1. The van der Waals surface area contributed by atoms with Gasteiger partial charge in [0, 0.05) is 36.3 Å². The molecular weight excluding hydrogens is 673 g/mol. The number of furan rings is 1. The highest BCUT2D eigenvalue weighted by Crippen LogP contribution is 2.46. The highest BCUT2D eigenvalue weighted by atomic mass is 32.1. The molecule has 0 fully saturated rings. The second-order valence-corrected chi connectivity index (χ2v) is 15.5. The van der Waals surface area contributed by atoms with Crippen LogP contribution in [0.5, 0.6) is 0 Å². The SMILES string of the molecule is c1ccc(-c2c3ccccc3c(-c3ccc4cc(-c5ccc6c(c5)oc5ccc7ccc8sc9ccccc9c8c7c56)ccc4c3)c3ccccc23)cc1. The molecule has 0 saturated heterocycles. The molecule has 250 valence electrons. The summed E-state index contributed by atoms with van der Waals surface area (Å²) in [6.45, 7) is 0. The number of fused-ring (bicyclic) bond motifs is 12. The summed E-state index contributed by atoms with van der Waals surface area (Å²) in [5, 5.41) is 15.0.